The van der Waals surface area contributed by atoms with Crippen molar-refractivity contribution in [2.75, 3.05) is 19.5 Å². The Hall–Kier alpha value is -2.61. The van der Waals surface area contributed by atoms with Crippen molar-refractivity contribution in [1.29, 1.82) is 0 Å². The highest BCUT2D eigenvalue weighted by atomic mass is 32.1. The topological polar surface area (TPSA) is 78.3 Å². The number of hydrogen-bond donors (Lipinski definition) is 1. The number of methoxy groups -OCH3 is 2. The average molecular weight is 332 g/mol. The van der Waals surface area contributed by atoms with Crippen LogP contribution in [0.3, 0.4) is 0 Å². The molecule has 0 radical (unpaired) electrons. The van der Waals surface area contributed by atoms with E-state index in [-0.39, 0.29) is 5.91 Å². The number of thiazole rings is 1. The molecule has 1 aromatic carbocycles. The Labute approximate surface area is 136 Å². The van der Waals surface area contributed by atoms with Crippen LogP contribution >= 0.6 is 11.3 Å². The van der Waals surface area contributed by atoms with Gasteiger partial charge in [0.05, 0.1) is 24.4 Å². The molecule has 2 aromatic heterocycles. The van der Waals surface area contributed by atoms with Crippen molar-refractivity contribution in [2.45, 2.75) is 6.92 Å². The number of benzene rings is 1. The minimum absolute atomic E-state index is 0.285. The van der Waals surface area contributed by atoms with Gasteiger partial charge in [0.2, 0.25) is 0 Å². The number of fused-ring (bicyclic) bond motifs is 1. The molecule has 3 aromatic rings. The zero-order valence-electron chi connectivity index (χ0n) is 13.2. The predicted molar refractivity (Wildman–Crippen MR) is 88.6 cm³/mol. The van der Waals surface area contributed by atoms with Crippen LogP contribution in [0.5, 0.6) is 11.5 Å². The van der Waals surface area contributed by atoms with Crippen molar-refractivity contribution >= 4 is 32.6 Å². The first-order valence-electron chi connectivity index (χ1n) is 6.86. The second-order valence-electron chi connectivity index (χ2n) is 4.94. The number of amides is 1. The van der Waals surface area contributed by atoms with E-state index in [1.54, 1.807) is 38.1 Å². The molecule has 0 bridgehead atoms. The zero-order valence-corrected chi connectivity index (χ0v) is 14.0. The van der Waals surface area contributed by atoms with Gasteiger partial charge in [0.1, 0.15) is 0 Å². The number of aromatic nitrogens is 3. The fraction of sp³-hybridized carbons (Fsp3) is 0.267. The van der Waals surface area contributed by atoms with Gasteiger partial charge in [0, 0.05) is 24.9 Å². The number of aryl methyl sites for hydroxylation is 2. The molecule has 0 saturated carbocycles. The molecule has 1 N–H and O–H groups in total. The Bertz CT molecular complexity index is 824. The molecular weight excluding hydrogens is 316 g/mol. The monoisotopic (exact) mass is 332 g/mol. The lowest BCUT2D eigenvalue weighted by molar-refractivity contribution is 0.102. The molecule has 0 spiro atoms. The van der Waals surface area contributed by atoms with Gasteiger partial charge >= 0.3 is 0 Å². The molecule has 0 unspecified atom stereocenters. The van der Waals surface area contributed by atoms with Crippen LogP contribution in [0.4, 0.5) is 5.13 Å². The van der Waals surface area contributed by atoms with Gasteiger partial charge in [-0.3, -0.25) is 14.8 Å². The number of carbonyl (C=O) groups is 1. The van der Waals surface area contributed by atoms with Gasteiger partial charge in [-0.2, -0.15) is 5.10 Å². The van der Waals surface area contributed by atoms with Crippen LogP contribution in [0.25, 0.3) is 10.2 Å². The lowest BCUT2D eigenvalue weighted by atomic mass is 10.3. The van der Waals surface area contributed by atoms with Crippen LogP contribution in [-0.2, 0) is 7.05 Å². The zero-order chi connectivity index (χ0) is 16.6. The quantitative estimate of drug-likeness (QED) is 0.794. The van der Waals surface area contributed by atoms with Crippen LogP contribution in [0, 0.1) is 6.92 Å². The van der Waals surface area contributed by atoms with E-state index in [9.17, 15) is 4.79 Å². The molecule has 0 aliphatic heterocycles. The van der Waals surface area contributed by atoms with E-state index < -0.39 is 0 Å². The van der Waals surface area contributed by atoms with E-state index in [1.165, 1.54) is 11.3 Å². The fourth-order valence-corrected chi connectivity index (χ4v) is 3.01. The van der Waals surface area contributed by atoms with Crippen LogP contribution in [-0.4, -0.2) is 34.9 Å². The lowest BCUT2D eigenvalue weighted by Crippen LogP contribution is -2.12. The van der Waals surface area contributed by atoms with E-state index in [1.807, 2.05) is 13.0 Å². The average Bonchev–Trinajstić information content (AvgIpc) is 3.08. The first-order valence-corrected chi connectivity index (χ1v) is 7.68. The second kappa shape index (κ2) is 5.88. The summed E-state index contributed by atoms with van der Waals surface area (Å²) in [6.45, 7) is 1.89. The van der Waals surface area contributed by atoms with E-state index in [2.05, 4.69) is 15.4 Å². The Kier molecular flexibility index (Phi) is 3.91. The third kappa shape index (κ3) is 2.85. The van der Waals surface area contributed by atoms with Crippen molar-refractivity contribution in [2.24, 2.45) is 7.05 Å². The van der Waals surface area contributed by atoms with Gasteiger partial charge < -0.3 is 9.47 Å². The number of nitrogens with one attached hydrogen (secondary N) is 1. The molecule has 23 heavy (non-hydrogen) atoms. The Balaban J connectivity index is 1.90. The van der Waals surface area contributed by atoms with Crippen molar-refractivity contribution in [1.82, 2.24) is 14.8 Å². The largest absolute Gasteiger partial charge is 0.493 e. The minimum atomic E-state index is -0.285. The number of anilines is 1. The highest BCUT2D eigenvalue weighted by molar-refractivity contribution is 7.22. The SMILES string of the molecule is COc1cc2nc(NC(=O)c3cc(C)n(C)n3)sc2cc1OC. The molecule has 1 amide bonds. The first kappa shape index (κ1) is 15.3. The first-order chi connectivity index (χ1) is 11.0. The maximum absolute atomic E-state index is 12.2. The van der Waals surface area contributed by atoms with Gasteiger partial charge in [-0.1, -0.05) is 11.3 Å². The Morgan fingerprint density at radius 1 is 1.22 bits per heavy atom. The number of rotatable bonds is 4. The van der Waals surface area contributed by atoms with Crippen molar-refractivity contribution in [3.8, 4) is 11.5 Å². The molecule has 0 fully saturated rings. The molecule has 0 aliphatic carbocycles. The Morgan fingerprint density at radius 2 is 1.91 bits per heavy atom. The summed E-state index contributed by atoms with van der Waals surface area (Å²) in [5, 5.41) is 7.43. The summed E-state index contributed by atoms with van der Waals surface area (Å²) in [5.41, 5.74) is 2.01. The Morgan fingerprint density at radius 3 is 2.52 bits per heavy atom. The molecule has 120 valence electrons. The number of nitrogens with zero attached hydrogens (tertiary/aromatic N) is 3. The maximum atomic E-state index is 12.2. The molecule has 2 heterocycles. The van der Waals surface area contributed by atoms with Crippen LogP contribution in [0.15, 0.2) is 18.2 Å². The molecule has 0 atom stereocenters. The van der Waals surface area contributed by atoms with Crippen molar-refractivity contribution < 1.29 is 14.3 Å². The summed E-state index contributed by atoms with van der Waals surface area (Å²) in [5.74, 6) is 0.942. The highest BCUT2D eigenvalue weighted by Gasteiger charge is 2.15. The normalized spacial score (nSPS) is 10.8. The molecule has 3 rings (SSSR count). The summed E-state index contributed by atoms with van der Waals surface area (Å²) in [6, 6.07) is 5.35. The summed E-state index contributed by atoms with van der Waals surface area (Å²) in [6.07, 6.45) is 0. The van der Waals surface area contributed by atoms with Crippen LogP contribution in [0.2, 0.25) is 0 Å². The molecular formula is C15H16N4O3S. The van der Waals surface area contributed by atoms with E-state index in [4.69, 9.17) is 9.47 Å². The summed E-state index contributed by atoms with van der Waals surface area (Å²) in [7, 11) is 4.95. The third-order valence-electron chi connectivity index (χ3n) is 3.46. The van der Waals surface area contributed by atoms with Crippen molar-refractivity contribution in [3.05, 3.63) is 29.6 Å². The molecule has 0 aliphatic rings. The van der Waals surface area contributed by atoms with Gasteiger partial charge in [-0.25, -0.2) is 4.98 Å². The molecule has 8 heteroatoms. The van der Waals surface area contributed by atoms with Gasteiger partial charge in [-0.15, -0.1) is 0 Å². The van der Waals surface area contributed by atoms with E-state index in [0.29, 0.717) is 22.3 Å². The van der Waals surface area contributed by atoms with Crippen molar-refractivity contribution in [3.63, 3.8) is 0 Å². The number of ether oxygens (including phenoxy) is 2. The van der Waals surface area contributed by atoms with Crippen LogP contribution < -0.4 is 14.8 Å². The third-order valence-corrected chi connectivity index (χ3v) is 4.39. The number of hydrogen-bond acceptors (Lipinski definition) is 6. The number of carbonyl (C=O) groups excluding carboxylic acids is 1. The predicted octanol–water partition coefficient (Wildman–Crippen LogP) is 2.61. The van der Waals surface area contributed by atoms with Crippen LogP contribution in [0.1, 0.15) is 16.2 Å². The van der Waals surface area contributed by atoms with E-state index in [0.717, 1.165) is 15.9 Å². The standard InChI is InChI=1S/C15H16N4O3S/c1-8-5-10(18-19(8)2)14(20)17-15-16-9-6-11(21-3)12(22-4)7-13(9)23-15/h5-7H,1-4H3,(H,16,17,20). The summed E-state index contributed by atoms with van der Waals surface area (Å²) >= 11 is 1.37. The molecule has 7 nitrogen and oxygen atoms in total. The van der Waals surface area contributed by atoms with Gasteiger partial charge in [0.25, 0.3) is 5.91 Å². The smallest absolute Gasteiger partial charge is 0.277 e. The fourth-order valence-electron chi connectivity index (χ4n) is 2.14. The molecule has 0 saturated heterocycles. The highest BCUT2D eigenvalue weighted by Crippen LogP contribution is 2.36. The van der Waals surface area contributed by atoms with Gasteiger partial charge in [-0.05, 0) is 13.0 Å². The summed E-state index contributed by atoms with van der Waals surface area (Å²) in [4.78, 5) is 16.6. The lowest BCUT2D eigenvalue weighted by Gasteiger charge is -2.05. The minimum Gasteiger partial charge on any atom is -0.493 e. The van der Waals surface area contributed by atoms with Gasteiger partial charge in [0.15, 0.2) is 22.3 Å². The summed E-state index contributed by atoms with van der Waals surface area (Å²) < 4.78 is 13.1. The van der Waals surface area contributed by atoms with E-state index >= 15 is 0 Å². The maximum Gasteiger partial charge on any atom is 0.277 e. The second-order valence-corrected chi connectivity index (χ2v) is 5.97.